The van der Waals surface area contributed by atoms with Gasteiger partial charge in [-0.15, -0.1) is 0 Å². The van der Waals surface area contributed by atoms with Gasteiger partial charge in [-0.1, -0.05) is 23.2 Å². The lowest BCUT2D eigenvalue weighted by molar-refractivity contribution is -0.116. The molecule has 0 unspecified atom stereocenters. The second kappa shape index (κ2) is 5.42. The number of carbonyl (C=O) groups excluding carboxylic acids is 1. The third kappa shape index (κ3) is 3.24. The van der Waals surface area contributed by atoms with Crippen LogP contribution in [0.2, 0.25) is 10.0 Å². The minimum Gasteiger partial charge on any atom is -0.323 e. The number of halogens is 2. The molecule has 0 bridgehead atoms. The van der Waals surface area contributed by atoms with Crippen LogP contribution in [0.25, 0.3) is 0 Å². The Hall–Kier alpha value is -1.52. The van der Waals surface area contributed by atoms with Crippen LogP contribution >= 0.6 is 23.2 Å². The number of aromatic nitrogens is 2. The fourth-order valence-electron chi connectivity index (χ4n) is 1.48. The van der Waals surface area contributed by atoms with Gasteiger partial charge in [0.1, 0.15) is 6.54 Å². The molecule has 1 amide bonds. The standard InChI is InChI=1S/C12H11Cl2N3O/c1-8-5-15-17(6-8)7-12(18)16-11-3-2-9(13)4-10(11)14/h2-6H,7H2,1H3,(H,16,18). The molecule has 1 N–H and O–H groups in total. The Morgan fingerprint density at radius 2 is 2.22 bits per heavy atom. The molecule has 1 aromatic heterocycles. The predicted molar refractivity (Wildman–Crippen MR) is 72.1 cm³/mol. The summed E-state index contributed by atoms with van der Waals surface area (Å²) in [5, 5.41) is 7.68. The molecule has 0 radical (unpaired) electrons. The van der Waals surface area contributed by atoms with Crippen molar-refractivity contribution in [3.8, 4) is 0 Å². The first-order chi connectivity index (χ1) is 8.54. The summed E-state index contributed by atoms with van der Waals surface area (Å²) in [7, 11) is 0. The van der Waals surface area contributed by atoms with Crippen molar-refractivity contribution in [1.82, 2.24) is 9.78 Å². The van der Waals surface area contributed by atoms with Gasteiger partial charge in [0.2, 0.25) is 5.91 Å². The number of nitrogens with one attached hydrogen (secondary N) is 1. The number of hydrogen-bond acceptors (Lipinski definition) is 2. The second-order valence-electron chi connectivity index (χ2n) is 3.89. The van der Waals surface area contributed by atoms with E-state index in [1.54, 1.807) is 35.3 Å². The first kappa shape index (κ1) is 12.9. The molecule has 0 aliphatic carbocycles. The van der Waals surface area contributed by atoms with E-state index in [1.165, 1.54) is 0 Å². The minimum absolute atomic E-state index is 0.146. The van der Waals surface area contributed by atoms with Gasteiger partial charge in [-0.2, -0.15) is 5.10 Å². The summed E-state index contributed by atoms with van der Waals surface area (Å²) in [5.74, 6) is -0.192. The molecule has 18 heavy (non-hydrogen) atoms. The monoisotopic (exact) mass is 283 g/mol. The van der Waals surface area contributed by atoms with Crippen molar-refractivity contribution in [2.24, 2.45) is 0 Å². The molecule has 2 rings (SSSR count). The van der Waals surface area contributed by atoms with Gasteiger partial charge in [0.05, 0.1) is 16.9 Å². The molecule has 1 heterocycles. The van der Waals surface area contributed by atoms with Crippen LogP contribution < -0.4 is 5.32 Å². The summed E-state index contributed by atoms with van der Waals surface area (Å²) >= 11 is 11.7. The summed E-state index contributed by atoms with van der Waals surface area (Å²) in [4.78, 5) is 11.8. The molecule has 2 aromatic rings. The summed E-state index contributed by atoms with van der Waals surface area (Å²) in [6.07, 6.45) is 3.49. The van der Waals surface area contributed by atoms with Gasteiger partial charge in [0.25, 0.3) is 0 Å². The van der Waals surface area contributed by atoms with E-state index in [4.69, 9.17) is 23.2 Å². The van der Waals surface area contributed by atoms with Gasteiger partial charge in [0, 0.05) is 11.2 Å². The predicted octanol–water partition coefficient (Wildman–Crippen LogP) is 3.14. The van der Waals surface area contributed by atoms with Gasteiger partial charge in [-0.25, -0.2) is 0 Å². The Labute approximate surface area is 115 Å². The van der Waals surface area contributed by atoms with Gasteiger partial charge >= 0.3 is 0 Å². The van der Waals surface area contributed by atoms with Crippen molar-refractivity contribution < 1.29 is 4.79 Å². The van der Waals surface area contributed by atoms with Crippen LogP contribution in [0.4, 0.5) is 5.69 Å². The number of anilines is 1. The number of hydrogen-bond donors (Lipinski definition) is 1. The molecular formula is C12H11Cl2N3O. The van der Waals surface area contributed by atoms with Crippen molar-refractivity contribution in [2.45, 2.75) is 13.5 Å². The average molecular weight is 284 g/mol. The highest BCUT2D eigenvalue weighted by Gasteiger charge is 2.07. The average Bonchev–Trinajstić information content (AvgIpc) is 2.68. The number of rotatable bonds is 3. The van der Waals surface area contributed by atoms with Crippen LogP contribution in [0.3, 0.4) is 0 Å². The highest BCUT2D eigenvalue weighted by atomic mass is 35.5. The Kier molecular flexibility index (Phi) is 3.89. The zero-order valence-corrected chi connectivity index (χ0v) is 11.2. The molecule has 0 spiro atoms. The minimum atomic E-state index is -0.192. The zero-order valence-electron chi connectivity index (χ0n) is 9.65. The van der Waals surface area contributed by atoms with E-state index >= 15 is 0 Å². The van der Waals surface area contributed by atoms with E-state index < -0.39 is 0 Å². The number of carbonyl (C=O) groups is 1. The molecular weight excluding hydrogens is 273 g/mol. The third-order valence-electron chi connectivity index (χ3n) is 2.27. The molecule has 0 fully saturated rings. The van der Waals surface area contributed by atoms with Crippen molar-refractivity contribution >= 4 is 34.8 Å². The molecule has 6 heteroatoms. The molecule has 94 valence electrons. The number of benzene rings is 1. The summed E-state index contributed by atoms with van der Waals surface area (Å²) in [6.45, 7) is 2.06. The lowest BCUT2D eigenvalue weighted by Gasteiger charge is -2.07. The number of amides is 1. The van der Waals surface area contributed by atoms with E-state index in [2.05, 4.69) is 10.4 Å². The molecule has 0 aliphatic rings. The molecule has 1 aromatic carbocycles. The van der Waals surface area contributed by atoms with Gasteiger partial charge in [-0.05, 0) is 30.7 Å². The quantitative estimate of drug-likeness (QED) is 0.941. The molecule has 0 aliphatic heterocycles. The Balaban J connectivity index is 2.03. The van der Waals surface area contributed by atoms with Crippen LogP contribution in [-0.4, -0.2) is 15.7 Å². The van der Waals surface area contributed by atoms with E-state index in [0.717, 1.165) is 5.56 Å². The summed E-state index contributed by atoms with van der Waals surface area (Å²) < 4.78 is 1.56. The lowest BCUT2D eigenvalue weighted by atomic mass is 10.3. The first-order valence-electron chi connectivity index (χ1n) is 5.28. The largest absolute Gasteiger partial charge is 0.323 e. The van der Waals surface area contributed by atoms with Crippen LogP contribution in [0, 0.1) is 6.92 Å². The summed E-state index contributed by atoms with van der Waals surface area (Å²) in [5.41, 5.74) is 1.54. The normalized spacial score (nSPS) is 10.4. The van der Waals surface area contributed by atoms with E-state index in [1.807, 2.05) is 6.92 Å². The Bertz CT molecular complexity index is 580. The van der Waals surface area contributed by atoms with Gasteiger partial charge in [0.15, 0.2) is 0 Å². The fraction of sp³-hybridized carbons (Fsp3) is 0.167. The third-order valence-corrected chi connectivity index (χ3v) is 2.82. The molecule has 0 atom stereocenters. The highest BCUT2D eigenvalue weighted by molar-refractivity contribution is 6.36. The maximum atomic E-state index is 11.8. The topological polar surface area (TPSA) is 46.9 Å². The van der Waals surface area contributed by atoms with Crippen molar-refractivity contribution in [3.63, 3.8) is 0 Å². The Morgan fingerprint density at radius 3 is 2.83 bits per heavy atom. The smallest absolute Gasteiger partial charge is 0.246 e. The number of aryl methyl sites for hydroxylation is 1. The molecule has 0 saturated carbocycles. The van der Waals surface area contributed by atoms with Crippen molar-refractivity contribution in [2.75, 3.05) is 5.32 Å². The first-order valence-corrected chi connectivity index (χ1v) is 6.04. The van der Waals surface area contributed by atoms with Crippen molar-refractivity contribution in [3.05, 3.63) is 46.2 Å². The zero-order chi connectivity index (χ0) is 13.1. The lowest BCUT2D eigenvalue weighted by Crippen LogP contribution is -2.19. The Morgan fingerprint density at radius 1 is 1.44 bits per heavy atom. The molecule has 0 saturated heterocycles. The fourth-order valence-corrected chi connectivity index (χ4v) is 1.94. The van der Waals surface area contributed by atoms with E-state index in [0.29, 0.717) is 15.7 Å². The van der Waals surface area contributed by atoms with Crippen LogP contribution in [0.5, 0.6) is 0 Å². The van der Waals surface area contributed by atoms with Crippen LogP contribution in [0.15, 0.2) is 30.6 Å². The van der Waals surface area contributed by atoms with E-state index in [9.17, 15) is 4.79 Å². The van der Waals surface area contributed by atoms with Gasteiger partial charge < -0.3 is 5.32 Å². The second-order valence-corrected chi connectivity index (χ2v) is 4.73. The maximum absolute atomic E-state index is 11.8. The van der Waals surface area contributed by atoms with Crippen LogP contribution in [-0.2, 0) is 11.3 Å². The molecule has 4 nitrogen and oxygen atoms in total. The SMILES string of the molecule is Cc1cnn(CC(=O)Nc2ccc(Cl)cc2Cl)c1. The number of nitrogens with zero attached hydrogens (tertiary/aromatic N) is 2. The van der Waals surface area contributed by atoms with Crippen molar-refractivity contribution in [1.29, 1.82) is 0 Å². The van der Waals surface area contributed by atoms with Crippen LogP contribution in [0.1, 0.15) is 5.56 Å². The van der Waals surface area contributed by atoms with E-state index in [-0.39, 0.29) is 12.5 Å². The maximum Gasteiger partial charge on any atom is 0.246 e. The van der Waals surface area contributed by atoms with Gasteiger partial charge in [-0.3, -0.25) is 9.48 Å². The highest BCUT2D eigenvalue weighted by Crippen LogP contribution is 2.25. The summed E-state index contributed by atoms with van der Waals surface area (Å²) in [6, 6.07) is 4.91.